The van der Waals surface area contributed by atoms with E-state index in [0.29, 0.717) is 29.7 Å². The quantitative estimate of drug-likeness (QED) is 0.382. The van der Waals surface area contributed by atoms with E-state index in [1.165, 1.54) is 23.5 Å². The van der Waals surface area contributed by atoms with Gasteiger partial charge in [-0.15, -0.1) is 11.3 Å². The number of carbonyl (C=O) groups is 2. The molecule has 0 aliphatic carbocycles. The average Bonchev–Trinajstić information content (AvgIpc) is 3.42. The zero-order valence-electron chi connectivity index (χ0n) is 19.1. The third kappa shape index (κ3) is 4.25. The van der Waals surface area contributed by atoms with E-state index in [4.69, 9.17) is 4.98 Å². The van der Waals surface area contributed by atoms with Crippen molar-refractivity contribution in [2.45, 2.75) is 45.6 Å². The third-order valence-electron chi connectivity index (χ3n) is 6.30. The first-order chi connectivity index (χ1) is 16.4. The van der Waals surface area contributed by atoms with Gasteiger partial charge in [-0.1, -0.05) is 18.2 Å². The molecular weight excluding hydrogens is 451 g/mol. The Balaban J connectivity index is 1.44. The van der Waals surface area contributed by atoms with Crippen LogP contribution in [-0.2, 0) is 6.42 Å². The van der Waals surface area contributed by atoms with Crippen LogP contribution >= 0.6 is 11.3 Å². The number of ketones is 1. The van der Waals surface area contributed by atoms with Crippen LogP contribution in [0.3, 0.4) is 0 Å². The number of thiazole rings is 1. The van der Waals surface area contributed by atoms with E-state index in [1.54, 1.807) is 25.1 Å². The minimum absolute atomic E-state index is 0.0225. The molecule has 3 heterocycles. The van der Waals surface area contributed by atoms with Crippen molar-refractivity contribution in [3.8, 4) is 10.4 Å². The van der Waals surface area contributed by atoms with Crippen LogP contribution in [-0.4, -0.2) is 44.1 Å². The molecular formula is C26H25FN4O2S. The molecule has 6 nitrogen and oxygen atoms in total. The Bertz CT molecular complexity index is 1380. The van der Waals surface area contributed by atoms with Gasteiger partial charge in [-0.3, -0.25) is 9.59 Å². The minimum Gasteiger partial charge on any atom is -0.342 e. The van der Waals surface area contributed by atoms with Crippen LogP contribution < -0.4 is 0 Å². The lowest BCUT2D eigenvalue weighted by Crippen LogP contribution is -2.45. The first-order valence-electron chi connectivity index (χ1n) is 11.4. The second-order valence-corrected chi connectivity index (χ2v) is 9.91. The molecule has 34 heavy (non-hydrogen) atoms. The number of hydrogen-bond acceptors (Lipinski definition) is 5. The largest absolute Gasteiger partial charge is 0.342 e. The molecule has 2 aromatic heterocycles. The number of aromatic nitrogens is 3. The highest BCUT2D eigenvalue weighted by atomic mass is 32.1. The smallest absolute Gasteiger partial charge is 0.274 e. The summed E-state index contributed by atoms with van der Waals surface area (Å²) in [6.07, 6.45) is 3.42. The van der Waals surface area contributed by atoms with Crippen LogP contribution in [0.15, 0.2) is 42.5 Å². The number of halogens is 1. The molecule has 2 aromatic carbocycles. The molecule has 1 aliphatic heterocycles. The van der Waals surface area contributed by atoms with Gasteiger partial charge in [0, 0.05) is 24.6 Å². The summed E-state index contributed by atoms with van der Waals surface area (Å²) < 4.78 is 13.4. The van der Waals surface area contributed by atoms with Crippen LogP contribution in [0.25, 0.3) is 21.5 Å². The van der Waals surface area contributed by atoms with Gasteiger partial charge in [0.2, 0.25) is 0 Å². The zero-order chi connectivity index (χ0) is 23.8. The predicted octanol–water partition coefficient (Wildman–Crippen LogP) is 5.57. The molecule has 0 bridgehead atoms. The van der Waals surface area contributed by atoms with Crippen molar-refractivity contribution in [1.29, 1.82) is 0 Å². The highest BCUT2D eigenvalue weighted by Gasteiger charge is 2.31. The lowest BCUT2D eigenvalue weighted by molar-refractivity contribution is 0.0606. The van der Waals surface area contributed by atoms with Gasteiger partial charge in [-0.05, 0) is 62.9 Å². The minimum atomic E-state index is -0.312. The van der Waals surface area contributed by atoms with Gasteiger partial charge in [-0.2, -0.15) is 0 Å². The van der Waals surface area contributed by atoms with Gasteiger partial charge in [0.15, 0.2) is 5.78 Å². The average molecular weight is 477 g/mol. The molecule has 8 heteroatoms. The van der Waals surface area contributed by atoms with Crippen LogP contribution in [0.1, 0.15) is 57.9 Å². The Morgan fingerprint density at radius 1 is 1.15 bits per heavy atom. The molecule has 1 unspecified atom stereocenters. The molecule has 174 valence electrons. The van der Waals surface area contributed by atoms with E-state index < -0.39 is 0 Å². The topological polar surface area (TPSA) is 79.0 Å². The Hall–Kier alpha value is -3.39. The van der Waals surface area contributed by atoms with Crippen LogP contribution in [0, 0.1) is 12.7 Å². The molecule has 1 amide bonds. The Labute approximate surface area is 200 Å². The van der Waals surface area contributed by atoms with E-state index in [-0.39, 0.29) is 23.5 Å². The second-order valence-electron chi connectivity index (χ2n) is 8.71. The number of H-pyrrole nitrogens is 1. The number of aryl methyl sites for hydroxylation is 1. The maximum Gasteiger partial charge on any atom is 0.274 e. The summed E-state index contributed by atoms with van der Waals surface area (Å²) in [6.45, 7) is 4.07. The number of rotatable bonds is 5. The number of fused-ring (bicyclic) bond motifs is 1. The van der Waals surface area contributed by atoms with Crippen LogP contribution in [0.4, 0.5) is 4.39 Å². The van der Waals surface area contributed by atoms with Gasteiger partial charge in [0.1, 0.15) is 17.3 Å². The normalized spacial score (nSPS) is 16.2. The number of amides is 1. The Kier molecular flexibility index (Phi) is 6.00. The predicted molar refractivity (Wildman–Crippen MR) is 131 cm³/mol. The maximum atomic E-state index is 13.7. The molecule has 0 saturated carbocycles. The summed E-state index contributed by atoms with van der Waals surface area (Å²) in [4.78, 5) is 41.0. The van der Waals surface area contributed by atoms with E-state index in [1.807, 2.05) is 24.0 Å². The summed E-state index contributed by atoms with van der Waals surface area (Å²) in [7, 11) is 0. The summed E-state index contributed by atoms with van der Waals surface area (Å²) >= 11 is 1.45. The summed E-state index contributed by atoms with van der Waals surface area (Å²) in [6, 6.07) is 11.7. The van der Waals surface area contributed by atoms with E-state index in [2.05, 4.69) is 9.97 Å². The fourth-order valence-corrected chi connectivity index (χ4v) is 5.59. The number of nitrogens with zero attached hydrogens (tertiary/aromatic N) is 3. The van der Waals surface area contributed by atoms with Crippen molar-refractivity contribution in [2.24, 2.45) is 0 Å². The molecule has 1 atom stereocenters. The van der Waals surface area contributed by atoms with Crippen molar-refractivity contribution in [1.82, 2.24) is 19.9 Å². The number of aromatic amines is 1. The summed E-state index contributed by atoms with van der Waals surface area (Å²) in [5.41, 5.74) is 3.30. The van der Waals surface area contributed by atoms with Gasteiger partial charge < -0.3 is 9.88 Å². The number of piperidine rings is 1. The molecule has 1 saturated heterocycles. The van der Waals surface area contributed by atoms with Crippen molar-refractivity contribution in [2.75, 3.05) is 6.54 Å². The molecule has 0 radical (unpaired) electrons. The van der Waals surface area contributed by atoms with E-state index in [0.717, 1.165) is 46.1 Å². The van der Waals surface area contributed by atoms with E-state index >= 15 is 0 Å². The number of carbonyl (C=O) groups excluding carboxylic acids is 2. The fraction of sp³-hybridized carbons (Fsp3) is 0.308. The van der Waals surface area contributed by atoms with Gasteiger partial charge in [-0.25, -0.2) is 14.4 Å². The number of benzene rings is 2. The maximum absolute atomic E-state index is 13.7. The monoisotopic (exact) mass is 476 g/mol. The summed E-state index contributed by atoms with van der Waals surface area (Å²) in [5, 5.41) is 0.797. The highest BCUT2D eigenvalue weighted by Crippen LogP contribution is 2.33. The SMILES string of the molecule is CC(=O)c1cccc2[nH]c(CC3CCCCN3C(=O)c3nc(C)sc3-c3ccc(F)cc3)nc12. The number of nitrogens with one attached hydrogen (secondary N) is 1. The summed E-state index contributed by atoms with van der Waals surface area (Å²) in [5.74, 6) is 0.327. The van der Waals surface area contributed by atoms with Gasteiger partial charge in [0.05, 0.1) is 20.9 Å². The third-order valence-corrected chi connectivity index (χ3v) is 7.32. The van der Waals surface area contributed by atoms with Crippen molar-refractivity contribution in [3.05, 3.63) is 70.4 Å². The van der Waals surface area contributed by atoms with Crippen LogP contribution in [0.2, 0.25) is 0 Å². The first-order valence-corrected chi connectivity index (χ1v) is 12.2. The number of Topliss-reactive ketones (excluding diaryl/α,β-unsaturated/α-hetero) is 1. The molecule has 1 N–H and O–H groups in total. The highest BCUT2D eigenvalue weighted by molar-refractivity contribution is 7.15. The van der Waals surface area contributed by atoms with Crippen molar-refractivity contribution >= 4 is 34.1 Å². The molecule has 1 aliphatic rings. The van der Waals surface area contributed by atoms with Crippen molar-refractivity contribution < 1.29 is 14.0 Å². The second kappa shape index (κ2) is 9.10. The standard InChI is InChI=1S/C26H25FN4O2S/c1-15(32)20-7-5-8-21-23(20)30-22(29-21)14-19-6-3-4-13-31(19)26(33)24-25(34-16(2)28-24)17-9-11-18(27)12-10-17/h5,7-12,19H,3-4,6,13-14H2,1-2H3,(H,29,30). The lowest BCUT2D eigenvalue weighted by atomic mass is 9.98. The Morgan fingerprint density at radius 2 is 1.94 bits per heavy atom. The number of imidazole rings is 1. The van der Waals surface area contributed by atoms with Gasteiger partial charge in [0.25, 0.3) is 5.91 Å². The Morgan fingerprint density at radius 3 is 2.71 bits per heavy atom. The lowest BCUT2D eigenvalue weighted by Gasteiger charge is -2.35. The molecule has 5 rings (SSSR count). The zero-order valence-corrected chi connectivity index (χ0v) is 19.9. The fourth-order valence-electron chi connectivity index (χ4n) is 4.67. The van der Waals surface area contributed by atoms with E-state index in [9.17, 15) is 14.0 Å². The van der Waals surface area contributed by atoms with Crippen LogP contribution in [0.5, 0.6) is 0 Å². The number of likely N-dealkylation sites (tertiary alicyclic amines) is 1. The number of para-hydroxylation sites is 1. The molecule has 4 aromatic rings. The van der Waals surface area contributed by atoms with Crippen molar-refractivity contribution in [3.63, 3.8) is 0 Å². The first kappa shape index (κ1) is 22.4. The molecule has 1 fully saturated rings. The van der Waals surface area contributed by atoms with Gasteiger partial charge >= 0.3 is 0 Å². The number of hydrogen-bond donors (Lipinski definition) is 1. The molecule has 0 spiro atoms.